The second-order valence-corrected chi connectivity index (χ2v) is 5.71. The molecule has 6 heteroatoms. The second kappa shape index (κ2) is 7.06. The molecule has 0 aliphatic heterocycles. The van der Waals surface area contributed by atoms with Crippen LogP contribution in [-0.4, -0.2) is 21.0 Å². The highest BCUT2D eigenvalue weighted by molar-refractivity contribution is 6.00. The first kappa shape index (κ1) is 15.8. The van der Waals surface area contributed by atoms with E-state index in [1.165, 1.54) is 0 Å². The molecule has 0 fully saturated rings. The van der Waals surface area contributed by atoms with E-state index < -0.39 is 0 Å². The number of aromatic amines is 1. The summed E-state index contributed by atoms with van der Waals surface area (Å²) < 4.78 is 5.36. The average Bonchev–Trinajstić information content (AvgIpc) is 3.39. The number of carbonyl (C=O) groups excluding carboxylic acids is 1. The molecular weight excluding hydrogens is 328 g/mol. The number of H-pyrrole nitrogens is 1. The van der Waals surface area contributed by atoms with Crippen molar-refractivity contribution in [3.8, 4) is 22.7 Å². The molecule has 4 rings (SSSR count). The summed E-state index contributed by atoms with van der Waals surface area (Å²) in [6, 6.07) is 18.9. The zero-order valence-electron chi connectivity index (χ0n) is 13.8. The van der Waals surface area contributed by atoms with Gasteiger partial charge in [0.1, 0.15) is 11.5 Å². The van der Waals surface area contributed by atoms with Gasteiger partial charge in [0, 0.05) is 29.6 Å². The summed E-state index contributed by atoms with van der Waals surface area (Å²) in [4.78, 5) is 19.8. The lowest BCUT2D eigenvalue weighted by Crippen LogP contribution is -2.23. The fraction of sp³-hybridized carbons (Fsp3) is 0.0500. The van der Waals surface area contributed by atoms with Gasteiger partial charge < -0.3 is 14.8 Å². The quantitative estimate of drug-likeness (QED) is 0.579. The number of amides is 1. The van der Waals surface area contributed by atoms with Gasteiger partial charge in [-0.1, -0.05) is 53.7 Å². The molecule has 0 aliphatic rings. The molecule has 2 aromatic carbocycles. The third-order valence-electron chi connectivity index (χ3n) is 3.97. The van der Waals surface area contributed by atoms with Crippen molar-refractivity contribution in [2.45, 2.75) is 6.54 Å². The van der Waals surface area contributed by atoms with Crippen molar-refractivity contribution in [1.29, 1.82) is 0 Å². The first-order valence-electron chi connectivity index (χ1n) is 8.19. The molecule has 0 aliphatic carbocycles. The Morgan fingerprint density at radius 3 is 2.69 bits per heavy atom. The highest BCUT2D eigenvalue weighted by Gasteiger charge is 2.14. The number of aromatic nitrogens is 3. The molecule has 2 aromatic heterocycles. The van der Waals surface area contributed by atoms with Gasteiger partial charge in [0.2, 0.25) is 0 Å². The van der Waals surface area contributed by atoms with Crippen molar-refractivity contribution in [2.75, 3.05) is 0 Å². The van der Waals surface area contributed by atoms with Crippen molar-refractivity contribution in [2.24, 2.45) is 0 Å². The molecule has 2 heterocycles. The minimum Gasteiger partial charge on any atom is -0.356 e. The summed E-state index contributed by atoms with van der Waals surface area (Å²) in [5, 5.41) is 6.90. The van der Waals surface area contributed by atoms with E-state index in [2.05, 4.69) is 20.4 Å². The standard InChI is InChI=1S/C20H16N4O2/c25-20(17-9-5-4-8-16(17)19-21-10-11-22-19)23-13-15-12-18(26-24-15)14-6-2-1-3-7-14/h1-12H,13H2,(H,21,22)(H,23,25). The predicted octanol–water partition coefficient (Wildman–Crippen LogP) is 3.66. The van der Waals surface area contributed by atoms with Crippen LogP contribution in [0.15, 0.2) is 77.6 Å². The second-order valence-electron chi connectivity index (χ2n) is 5.71. The summed E-state index contributed by atoms with van der Waals surface area (Å²) in [5.41, 5.74) is 2.91. The lowest BCUT2D eigenvalue weighted by molar-refractivity contribution is 0.0950. The van der Waals surface area contributed by atoms with E-state index >= 15 is 0 Å². The van der Waals surface area contributed by atoms with Gasteiger partial charge in [0.05, 0.1) is 12.1 Å². The molecule has 6 nitrogen and oxygen atoms in total. The highest BCUT2D eigenvalue weighted by Crippen LogP contribution is 2.21. The van der Waals surface area contributed by atoms with Crippen molar-refractivity contribution >= 4 is 5.91 Å². The van der Waals surface area contributed by atoms with Crippen LogP contribution < -0.4 is 5.32 Å². The Balaban J connectivity index is 1.48. The Morgan fingerprint density at radius 1 is 1.08 bits per heavy atom. The van der Waals surface area contributed by atoms with E-state index in [0.717, 1.165) is 11.1 Å². The first-order chi connectivity index (χ1) is 12.8. The molecule has 0 spiro atoms. The summed E-state index contributed by atoms with van der Waals surface area (Å²) in [6.07, 6.45) is 3.38. The number of carbonyl (C=O) groups is 1. The van der Waals surface area contributed by atoms with E-state index in [0.29, 0.717) is 22.8 Å². The third kappa shape index (κ3) is 3.25. The third-order valence-corrected chi connectivity index (χ3v) is 3.97. The predicted molar refractivity (Wildman–Crippen MR) is 97.1 cm³/mol. The summed E-state index contributed by atoms with van der Waals surface area (Å²) in [6.45, 7) is 0.279. The lowest BCUT2D eigenvalue weighted by Gasteiger charge is -2.07. The number of benzene rings is 2. The molecule has 26 heavy (non-hydrogen) atoms. The molecule has 0 unspecified atom stereocenters. The van der Waals surface area contributed by atoms with Crippen LogP contribution in [0.4, 0.5) is 0 Å². The Kier molecular flexibility index (Phi) is 4.30. The zero-order chi connectivity index (χ0) is 17.8. The summed E-state index contributed by atoms with van der Waals surface area (Å²) in [5.74, 6) is 1.13. The number of imidazole rings is 1. The molecule has 0 radical (unpaired) electrons. The van der Waals surface area contributed by atoms with Crippen molar-refractivity contribution in [1.82, 2.24) is 20.4 Å². The fourth-order valence-electron chi connectivity index (χ4n) is 2.70. The molecular formula is C20H16N4O2. The fourth-order valence-corrected chi connectivity index (χ4v) is 2.70. The van der Waals surface area contributed by atoms with Crippen LogP contribution in [0.5, 0.6) is 0 Å². The van der Waals surface area contributed by atoms with Gasteiger partial charge in [-0.15, -0.1) is 0 Å². The number of hydrogen-bond donors (Lipinski definition) is 2. The van der Waals surface area contributed by atoms with Crippen LogP contribution in [0.2, 0.25) is 0 Å². The Morgan fingerprint density at radius 2 is 1.88 bits per heavy atom. The Bertz CT molecular complexity index is 1010. The molecule has 0 bridgehead atoms. The van der Waals surface area contributed by atoms with Gasteiger partial charge in [-0.25, -0.2) is 4.98 Å². The van der Waals surface area contributed by atoms with E-state index in [9.17, 15) is 4.79 Å². The number of nitrogens with zero attached hydrogens (tertiary/aromatic N) is 2. The van der Waals surface area contributed by atoms with E-state index in [1.807, 2.05) is 54.6 Å². The van der Waals surface area contributed by atoms with Gasteiger partial charge in [0.15, 0.2) is 5.76 Å². The van der Waals surface area contributed by atoms with Gasteiger partial charge >= 0.3 is 0 Å². The minimum atomic E-state index is -0.193. The van der Waals surface area contributed by atoms with Crippen LogP contribution in [-0.2, 0) is 6.54 Å². The molecule has 0 saturated heterocycles. The van der Waals surface area contributed by atoms with Crippen molar-refractivity contribution in [3.63, 3.8) is 0 Å². The van der Waals surface area contributed by atoms with Crippen LogP contribution in [0.3, 0.4) is 0 Å². The minimum absolute atomic E-state index is 0.193. The largest absolute Gasteiger partial charge is 0.356 e. The molecule has 0 atom stereocenters. The highest BCUT2D eigenvalue weighted by atomic mass is 16.5. The molecule has 1 amide bonds. The van der Waals surface area contributed by atoms with Crippen LogP contribution in [0, 0.1) is 0 Å². The van der Waals surface area contributed by atoms with Gasteiger partial charge in [-0.2, -0.15) is 0 Å². The average molecular weight is 344 g/mol. The van der Waals surface area contributed by atoms with Gasteiger partial charge in [-0.3, -0.25) is 4.79 Å². The van der Waals surface area contributed by atoms with E-state index in [1.54, 1.807) is 18.5 Å². The van der Waals surface area contributed by atoms with Crippen molar-refractivity contribution in [3.05, 3.63) is 84.3 Å². The molecule has 4 aromatic rings. The maximum atomic E-state index is 12.6. The van der Waals surface area contributed by atoms with Crippen LogP contribution in [0.25, 0.3) is 22.7 Å². The number of nitrogens with one attached hydrogen (secondary N) is 2. The smallest absolute Gasteiger partial charge is 0.252 e. The number of rotatable bonds is 5. The summed E-state index contributed by atoms with van der Waals surface area (Å²) in [7, 11) is 0. The maximum absolute atomic E-state index is 12.6. The van der Waals surface area contributed by atoms with Gasteiger partial charge in [-0.05, 0) is 6.07 Å². The van der Waals surface area contributed by atoms with E-state index in [4.69, 9.17) is 4.52 Å². The Labute approximate surface area is 149 Å². The zero-order valence-corrected chi connectivity index (χ0v) is 13.8. The topological polar surface area (TPSA) is 83.8 Å². The number of hydrogen-bond acceptors (Lipinski definition) is 4. The summed E-state index contributed by atoms with van der Waals surface area (Å²) >= 11 is 0. The van der Waals surface area contributed by atoms with E-state index in [-0.39, 0.29) is 12.5 Å². The molecule has 128 valence electrons. The Hall–Kier alpha value is -3.67. The maximum Gasteiger partial charge on any atom is 0.252 e. The first-order valence-corrected chi connectivity index (χ1v) is 8.19. The van der Waals surface area contributed by atoms with Gasteiger partial charge in [0.25, 0.3) is 5.91 Å². The van der Waals surface area contributed by atoms with Crippen LogP contribution in [0.1, 0.15) is 16.1 Å². The molecule has 0 saturated carbocycles. The monoisotopic (exact) mass is 344 g/mol. The van der Waals surface area contributed by atoms with Crippen LogP contribution >= 0.6 is 0 Å². The van der Waals surface area contributed by atoms with Crippen molar-refractivity contribution < 1.29 is 9.32 Å². The normalized spacial score (nSPS) is 10.6. The molecule has 2 N–H and O–H groups in total. The lowest BCUT2D eigenvalue weighted by atomic mass is 10.1. The SMILES string of the molecule is O=C(NCc1cc(-c2ccccc2)on1)c1ccccc1-c1ncc[nH]1.